The minimum atomic E-state index is -0.0516. The SMILES string of the molecule is C[C@@]12CC[C@H]3[C@@H](CC=C4C[C@H](OC(=O)CCN5CCCCC5)CC[C@@]43C)[C@H]1CCC2=O. The second kappa shape index (κ2) is 8.32. The molecule has 6 atom stereocenters. The second-order valence-electron chi connectivity index (χ2n) is 11.7. The van der Waals surface area contributed by atoms with Gasteiger partial charge in [0.25, 0.3) is 0 Å². The van der Waals surface area contributed by atoms with Crippen LogP contribution in [0.15, 0.2) is 11.6 Å². The van der Waals surface area contributed by atoms with Gasteiger partial charge in [0.15, 0.2) is 0 Å². The molecule has 4 fully saturated rings. The Morgan fingerprint density at radius 2 is 1.81 bits per heavy atom. The topological polar surface area (TPSA) is 46.6 Å². The van der Waals surface area contributed by atoms with Crippen LogP contribution in [-0.4, -0.2) is 42.4 Å². The van der Waals surface area contributed by atoms with Gasteiger partial charge < -0.3 is 9.64 Å². The van der Waals surface area contributed by atoms with Crippen LogP contribution in [0.4, 0.5) is 0 Å². The molecule has 4 heteroatoms. The number of hydrogen-bond acceptors (Lipinski definition) is 4. The summed E-state index contributed by atoms with van der Waals surface area (Å²) in [5, 5.41) is 0. The van der Waals surface area contributed by atoms with Crippen LogP contribution in [0.5, 0.6) is 0 Å². The third-order valence-corrected chi connectivity index (χ3v) is 10.1. The summed E-state index contributed by atoms with van der Waals surface area (Å²) in [4.78, 5) is 27.5. The summed E-state index contributed by atoms with van der Waals surface area (Å²) in [6.07, 6.45) is 15.3. The fourth-order valence-corrected chi connectivity index (χ4v) is 8.18. The molecule has 0 spiro atoms. The summed E-state index contributed by atoms with van der Waals surface area (Å²) >= 11 is 0. The van der Waals surface area contributed by atoms with Crippen molar-refractivity contribution < 1.29 is 14.3 Å². The lowest BCUT2D eigenvalue weighted by molar-refractivity contribution is -0.151. The number of Topliss-reactive ketones (excluding diaryl/α,β-unsaturated/α-hetero) is 1. The molecular weight excluding hydrogens is 386 g/mol. The first-order valence-corrected chi connectivity index (χ1v) is 13.0. The number of nitrogens with zero attached hydrogens (tertiary/aromatic N) is 1. The minimum Gasteiger partial charge on any atom is -0.462 e. The molecule has 1 heterocycles. The summed E-state index contributed by atoms with van der Waals surface area (Å²) in [6.45, 7) is 7.86. The predicted octanol–water partition coefficient (Wildman–Crippen LogP) is 5.31. The van der Waals surface area contributed by atoms with Gasteiger partial charge in [0.05, 0.1) is 6.42 Å². The van der Waals surface area contributed by atoms with Crippen LogP contribution in [0.1, 0.15) is 90.9 Å². The maximum atomic E-state index is 12.6. The lowest BCUT2D eigenvalue weighted by atomic mass is 9.48. The van der Waals surface area contributed by atoms with E-state index in [9.17, 15) is 9.59 Å². The van der Waals surface area contributed by atoms with Gasteiger partial charge in [0.2, 0.25) is 0 Å². The quantitative estimate of drug-likeness (QED) is 0.451. The average molecular weight is 428 g/mol. The van der Waals surface area contributed by atoms with Gasteiger partial charge in [-0.15, -0.1) is 0 Å². The van der Waals surface area contributed by atoms with E-state index in [0.717, 1.165) is 64.6 Å². The number of rotatable bonds is 4. The van der Waals surface area contributed by atoms with Crippen LogP contribution in [0.2, 0.25) is 0 Å². The third kappa shape index (κ3) is 3.81. The largest absolute Gasteiger partial charge is 0.462 e. The van der Waals surface area contributed by atoms with Crippen LogP contribution in [0.3, 0.4) is 0 Å². The Morgan fingerprint density at radius 1 is 1.06 bits per heavy atom. The van der Waals surface area contributed by atoms with Gasteiger partial charge in [-0.3, -0.25) is 9.59 Å². The molecule has 4 aliphatic carbocycles. The van der Waals surface area contributed by atoms with Crippen molar-refractivity contribution in [3.05, 3.63) is 11.6 Å². The zero-order chi connectivity index (χ0) is 21.6. The molecule has 0 aromatic carbocycles. The Balaban J connectivity index is 1.20. The standard InChI is InChI=1S/C27H41NO3/c1-26-13-10-20(31-25(30)12-17-28-15-4-3-5-16-28)18-19(26)6-7-21-22-8-9-24(29)27(22,2)14-11-23(21)26/h6,20-23H,3-5,7-18H2,1-2H3/t20-,21+,22-,23+,26+,27-/m1/s1. The van der Waals surface area contributed by atoms with Gasteiger partial charge in [0.1, 0.15) is 11.9 Å². The highest BCUT2D eigenvalue weighted by atomic mass is 16.5. The molecule has 0 bridgehead atoms. The van der Waals surface area contributed by atoms with Crippen LogP contribution in [-0.2, 0) is 14.3 Å². The summed E-state index contributed by atoms with van der Waals surface area (Å²) < 4.78 is 5.96. The highest BCUT2D eigenvalue weighted by molar-refractivity contribution is 5.87. The average Bonchev–Trinajstić information content (AvgIpc) is 3.08. The van der Waals surface area contributed by atoms with Gasteiger partial charge in [-0.2, -0.15) is 0 Å². The predicted molar refractivity (Wildman–Crippen MR) is 121 cm³/mol. The van der Waals surface area contributed by atoms with E-state index in [1.165, 1.54) is 25.7 Å². The number of piperidine rings is 1. The molecule has 5 rings (SSSR count). The lowest BCUT2D eigenvalue weighted by Gasteiger charge is -2.56. The van der Waals surface area contributed by atoms with Crippen LogP contribution in [0.25, 0.3) is 0 Å². The van der Waals surface area contributed by atoms with E-state index >= 15 is 0 Å². The number of ether oxygens (including phenoxy) is 1. The van der Waals surface area contributed by atoms with Crippen molar-refractivity contribution >= 4 is 11.8 Å². The number of allylic oxidation sites excluding steroid dienone is 1. The highest BCUT2D eigenvalue weighted by Crippen LogP contribution is 2.64. The molecule has 5 aliphatic rings. The maximum Gasteiger partial charge on any atom is 0.307 e. The van der Waals surface area contributed by atoms with E-state index in [0.29, 0.717) is 30.0 Å². The van der Waals surface area contributed by atoms with Gasteiger partial charge in [-0.25, -0.2) is 0 Å². The van der Waals surface area contributed by atoms with E-state index < -0.39 is 0 Å². The van der Waals surface area contributed by atoms with E-state index in [1.807, 2.05) is 0 Å². The third-order valence-electron chi connectivity index (χ3n) is 10.1. The summed E-state index contributed by atoms with van der Waals surface area (Å²) in [6, 6.07) is 0. The molecule has 1 saturated heterocycles. The molecule has 0 N–H and O–H groups in total. The number of hydrogen-bond donors (Lipinski definition) is 0. The van der Waals surface area contributed by atoms with Gasteiger partial charge in [-0.1, -0.05) is 31.9 Å². The first kappa shape index (κ1) is 21.7. The molecule has 0 aromatic heterocycles. The Kier molecular flexibility index (Phi) is 5.82. The summed E-state index contributed by atoms with van der Waals surface area (Å²) in [5.41, 5.74) is 1.73. The Labute approximate surface area is 188 Å². The Bertz CT molecular complexity index is 754. The van der Waals surface area contributed by atoms with E-state index in [1.54, 1.807) is 5.57 Å². The highest BCUT2D eigenvalue weighted by Gasteiger charge is 2.58. The van der Waals surface area contributed by atoms with Crippen molar-refractivity contribution in [1.29, 1.82) is 0 Å². The Hall–Kier alpha value is -1.16. The zero-order valence-electron chi connectivity index (χ0n) is 19.7. The van der Waals surface area contributed by atoms with Crippen LogP contribution >= 0.6 is 0 Å². The van der Waals surface area contributed by atoms with Crippen molar-refractivity contribution in [3.8, 4) is 0 Å². The molecule has 4 nitrogen and oxygen atoms in total. The van der Waals surface area contributed by atoms with Crippen molar-refractivity contribution in [3.63, 3.8) is 0 Å². The zero-order valence-corrected chi connectivity index (χ0v) is 19.7. The van der Waals surface area contributed by atoms with E-state index in [2.05, 4.69) is 24.8 Å². The summed E-state index contributed by atoms with van der Waals surface area (Å²) in [5.74, 6) is 2.47. The van der Waals surface area contributed by atoms with Crippen LogP contribution < -0.4 is 0 Å². The number of carbonyl (C=O) groups excluding carboxylic acids is 2. The molecular formula is C27H41NO3. The van der Waals surface area contributed by atoms with Crippen LogP contribution in [0, 0.1) is 28.6 Å². The number of likely N-dealkylation sites (tertiary alicyclic amines) is 1. The lowest BCUT2D eigenvalue weighted by Crippen LogP contribution is -2.50. The summed E-state index contributed by atoms with van der Waals surface area (Å²) in [7, 11) is 0. The molecule has 172 valence electrons. The fourth-order valence-electron chi connectivity index (χ4n) is 8.18. The van der Waals surface area contributed by atoms with Gasteiger partial charge in [-0.05, 0) is 87.6 Å². The second-order valence-corrected chi connectivity index (χ2v) is 11.7. The van der Waals surface area contributed by atoms with Crippen molar-refractivity contribution in [1.82, 2.24) is 4.90 Å². The van der Waals surface area contributed by atoms with Gasteiger partial charge in [0, 0.05) is 24.8 Å². The maximum absolute atomic E-state index is 12.6. The minimum absolute atomic E-state index is 0.00800. The smallest absolute Gasteiger partial charge is 0.307 e. The normalized spacial score (nSPS) is 42.9. The number of carbonyl (C=O) groups is 2. The van der Waals surface area contributed by atoms with Crippen molar-refractivity contribution in [2.45, 2.75) is 97.0 Å². The molecule has 0 amide bonds. The molecule has 31 heavy (non-hydrogen) atoms. The first-order chi connectivity index (χ1) is 14.9. The number of ketones is 1. The van der Waals surface area contributed by atoms with E-state index in [4.69, 9.17) is 4.74 Å². The molecule has 1 aliphatic heterocycles. The number of esters is 1. The van der Waals surface area contributed by atoms with Crippen molar-refractivity contribution in [2.24, 2.45) is 28.6 Å². The van der Waals surface area contributed by atoms with E-state index in [-0.39, 0.29) is 22.9 Å². The Morgan fingerprint density at radius 3 is 2.61 bits per heavy atom. The van der Waals surface area contributed by atoms with Gasteiger partial charge >= 0.3 is 5.97 Å². The number of fused-ring (bicyclic) bond motifs is 5. The molecule has 0 radical (unpaired) electrons. The fraction of sp³-hybridized carbons (Fsp3) is 0.852. The molecule has 0 aromatic rings. The monoisotopic (exact) mass is 427 g/mol. The van der Waals surface area contributed by atoms with Crippen molar-refractivity contribution in [2.75, 3.05) is 19.6 Å². The first-order valence-electron chi connectivity index (χ1n) is 13.0. The molecule has 3 saturated carbocycles. The molecule has 0 unspecified atom stereocenters.